The topological polar surface area (TPSA) is 49.0 Å². The number of aliphatic hydroxyl groups is 1. The Morgan fingerprint density at radius 3 is 3.08 bits per heavy atom. The molecule has 0 saturated carbocycles. The van der Waals surface area contributed by atoms with Crippen LogP contribution in [0.1, 0.15) is 25.0 Å². The Morgan fingerprint density at radius 1 is 1.75 bits per heavy atom. The van der Waals surface area contributed by atoms with Crippen LogP contribution in [0.25, 0.3) is 0 Å². The minimum absolute atomic E-state index is 0.344. The van der Waals surface area contributed by atoms with Gasteiger partial charge in [-0.05, 0) is 18.1 Å². The van der Waals surface area contributed by atoms with E-state index in [0.717, 1.165) is 5.56 Å². The molecule has 0 aliphatic heterocycles. The first-order chi connectivity index (χ1) is 5.77. The van der Waals surface area contributed by atoms with Gasteiger partial charge in [-0.25, -0.2) is 0 Å². The average molecular weight is 164 g/mol. The molecule has 0 amide bonds. The summed E-state index contributed by atoms with van der Waals surface area (Å²) < 4.78 is 1.76. The van der Waals surface area contributed by atoms with Gasteiger partial charge in [0.2, 0.25) is 0 Å². The number of hydrogen-bond acceptors (Lipinski definition) is 2. The van der Waals surface area contributed by atoms with Gasteiger partial charge in [0.25, 0.3) is 0 Å². The molecule has 0 bridgehead atoms. The molecule has 0 aromatic carbocycles. The molecule has 12 heavy (non-hydrogen) atoms. The van der Waals surface area contributed by atoms with E-state index in [1.54, 1.807) is 17.0 Å². The SMILES string of the molecule is CCC(O)c1ccn(CC#N)c1. The zero-order valence-corrected chi connectivity index (χ0v) is 7.07. The highest BCUT2D eigenvalue weighted by atomic mass is 16.3. The third-order valence-corrected chi connectivity index (χ3v) is 1.80. The first-order valence-electron chi connectivity index (χ1n) is 3.98. The molecule has 0 aliphatic carbocycles. The molecule has 64 valence electrons. The zero-order chi connectivity index (χ0) is 8.97. The van der Waals surface area contributed by atoms with E-state index in [2.05, 4.69) is 0 Å². The van der Waals surface area contributed by atoms with Gasteiger partial charge in [-0.2, -0.15) is 5.26 Å². The van der Waals surface area contributed by atoms with E-state index in [1.807, 2.05) is 19.1 Å². The third-order valence-electron chi connectivity index (χ3n) is 1.80. The maximum absolute atomic E-state index is 9.41. The van der Waals surface area contributed by atoms with Crippen LogP contribution in [-0.2, 0) is 6.54 Å². The fourth-order valence-electron chi connectivity index (χ4n) is 1.07. The van der Waals surface area contributed by atoms with E-state index >= 15 is 0 Å². The lowest BCUT2D eigenvalue weighted by Gasteiger charge is -2.02. The minimum atomic E-state index is -0.398. The number of nitriles is 1. The molecule has 1 aromatic rings. The molecule has 0 fully saturated rings. The molecule has 3 nitrogen and oxygen atoms in total. The first-order valence-corrected chi connectivity index (χ1v) is 3.98. The van der Waals surface area contributed by atoms with Crippen molar-refractivity contribution in [2.45, 2.75) is 26.0 Å². The van der Waals surface area contributed by atoms with Crippen molar-refractivity contribution < 1.29 is 5.11 Å². The monoisotopic (exact) mass is 164 g/mol. The fourth-order valence-corrected chi connectivity index (χ4v) is 1.07. The number of rotatable bonds is 3. The smallest absolute Gasteiger partial charge is 0.109 e. The number of nitrogens with zero attached hydrogens (tertiary/aromatic N) is 2. The summed E-state index contributed by atoms with van der Waals surface area (Å²) in [6, 6.07) is 3.87. The van der Waals surface area contributed by atoms with Gasteiger partial charge in [0, 0.05) is 12.4 Å². The summed E-state index contributed by atoms with van der Waals surface area (Å²) in [4.78, 5) is 0. The number of aromatic nitrogens is 1. The quantitative estimate of drug-likeness (QED) is 0.735. The molecular formula is C9H12N2O. The van der Waals surface area contributed by atoms with Crippen LogP contribution in [0, 0.1) is 11.3 Å². The molecule has 1 N–H and O–H groups in total. The predicted molar refractivity (Wildman–Crippen MR) is 45.3 cm³/mol. The van der Waals surface area contributed by atoms with Gasteiger partial charge in [0.15, 0.2) is 0 Å². The fraction of sp³-hybridized carbons (Fsp3) is 0.444. The lowest BCUT2D eigenvalue weighted by atomic mass is 10.1. The average Bonchev–Trinajstić information content (AvgIpc) is 2.52. The number of aliphatic hydroxyl groups excluding tert-OH is 1. The maximum Gasteiger partial charge on any atom is 0.109 e. The zero-order valence-electron chi connectivity index (χ0n) is 7.07. The lowest BCUT2D eigenvalue weighted by Crippen LogP contribution is -1.94. The Labute approximate surface area is 71.9 Å². The van der Waals surface area contributed by atoms with E-state index in [9.17, 15) is 5.11 Å². The van der Waals surface area contributed by atoms with Crippen molar-refractivity contribution >= 4 is 0 Å². The van der Waals surface area contributed by atoms with Gasteiger partial charge in [0.1, 0.15) is 6.54 Å². The summed E-state index contributed by atoms with van der Waals surface area (Å²) in [5, 5.41) is 17.8. The van der Waals surface area contributed by atoms with E-state index in [-0.39, 0.29) is 0 Å². The highest BCUT2D eigenvalue weighted by molar-refractivity contribution is 5.13. The van der Waals surface area contributed by atoms with Gasteiger partial charge in [-0.15, -0.1) is 0 Å². The lowest BCUT2D eigenvalue weighted by molar-refractivity contribution is 0.173. The highest BCUT2D eigenvalue weighted by Gasteiger charge is 2.05. The van der Waals surface area contributed by atoms with Crippen LogP contribution in [0.3, 0.4) is 0 Å². The van der Waals surface area contributed by atoms with E-state index in [0.29, 0.717) is 13.0 Å². The second kappa shape index (κ2) is 3.93. The van der Waals surface area contributed by atoms with Crippen molar-refractivity contribution in [3.8, 4) is 6.07 Å². The molecule has 1 aromatic heterocycles. The summed E-state index contributed by atoms with van der Waals surface area (Å²) in [5.41, 5.74) is 0.882. The summed E-state index contributed by atoms with van der Waals surface area (Å²) in [7, 11) is 0. The minimum Gasteiger partial charge on any atom is -0.388 e. The number of hydrogen-bond donors (Lipinski definition) is 1. The molecule has 0 radical (unpaired) electrons. The predicted octanol–water partition coefficient (Wildman–Crippen LogP) is 1.46. The summed E-state index contributed by atoms with van der Waals surface area (Å²) in [6.45, 7) is 2.27. The van der Waals surface area contributed by atoms with Crippen LogP contribution in [0.4, 0.5) is 0 Å². The van der Waals surface area contributed by atoms with Crippen LogP contribution in [0.5, 0.6) is 0 Å². The van der Waals surface area contributed by atoms with E-state index < -0.39 is 6.10 Å². The third kappa shape index (κ3) is 1.86. The van der Waals surface area contributed by atoms with E-state index in [4.69, 9.17) is 5.26 Å². The molecule has 0 aliphatic rings. The molecule has 1 atom stereocenters. The highest BCUT2D eigenvalue weighted by Crippen LogP contribution is 2.15. The molecule has 1 unspecified atom stereocenters. The van der Waals surface area contributed by atoms with Crippen LogP contribution >= 0.6 is 0 Å². The Hall–Kier alpha value is -1.27. The van der Waals surface area contributed by atoms with Crippen LogP contribution < -0.4 is 0 Å². The Bertz CT molecular complexity index is 285. The molecular weight excluding hydrogens is 152 g/mol. The standard InChI is InChI=1S/C9H12N2O/c1-2-9(12)8-3-5-11(7-8)6-4-10/h3,5,7,9,12H,2,6H2,1H3. The summed E-state index contributed by atoms with van der Waals surface area (Å²) >= 11 is 0. The van der Waals surface area contributed by atoms with Gasteiger partial charge >= 0.3 is 0 Å². The van der Waals surface area contributed by atoms with Gasteiger partial charge in [0.05, 0.1) is 12.2 Å². The molecule has 1 heterocycles. The van der Waals surface area contributed by atoms with Gasteiger partial charge in [-0.3, -0.25) is 0 Å². The Balaban J connectivity index is 2.71. The Kier molecular flexibility index (Phi) is 2.89. The van der Waals surface area contributed by atoms with Crippen molar-refractivity contribution in [1.29, 1.82) is 5.26 Å². The van der Waals surface area contributed by atoms with Crippen molar-refractivity contribution in [3.05, 3.63) is 24.0 Å². The molecule has 0 spiro atoms. The second-order valence-electron chi connectivity index (χ2n) is 2.70. The van der Waals surface area contributed by atoms with Gasteiger partial charge in [-0.1, -0.05) is 6.92 Å². The molecule has 3 heteroatoms. The first kappa shape index (κ1) is 8.82. The second-order valence-corrected chi connectivity index (χ2v) is 2.70. The van der Waals surface area contributed by atoms with Crippen LogP contribution in [0.15, 0.2) is 18.5 Å². The van der Waals surface area contributed by atoms with E-state index in [1.165, 1.54) is 0 Å². The summed E-state index contributed by atoms with van der Waals surface area (Å²) in [6.07, 6.45) is 3.91. The van der Waals surface area contributed by atoms with Crippen molar-refractivity contribution in [3.63, 3.8) is 0 Å². The summed E-state index contributed by atoms with van der Waals surface area (Å²) in [5.74, 6) is 0. The largest absolute Gasteiger partial charge is 0.388 e. The van der Waals surface area contributed by atoms with Crippen LogP contribution in [-0.4, -0.2) is 9.67 Å². The molecule has 0 saturated heterocycles. The van der Waals surface area contributed by atoms with Crippen molar-refractivity contribution in [2.75, 3.05) is 0 Å². The maximum atomic E-state index is 9.41. The molecule has 1 rings (SSSR count). The van der Waals surface area contributed by atoms with Crippen LogP contribution in [0.2, 0.25) is 0 Å². The van der Waals surface area contributed by atoms with Crippen molar-refractivity contribution in [1.82, 2.24) is 4.57 Å². The normalized spacial score (nSPS) is 12.4. The van der Waals surface area contributed by atoms with Crippen molar-refractivity contribution in [2.24, 2.45) is 0 Å². The Morgan fingerprint density at radius 2 is 2.50 bits per heavy atom. The van der Waals surface area contributed by atoms with Gasteiger partial charge < -0.3 is 9.67 Å².